The van der Waals surface area contributed by atoms with Crippen LogP contribution in [-0.4, -0.2) is 10.2 Å². The zero-order valence-corrected chi connectivity index (χ0v) is 10.1. The van der Waals surface area contributed by atoms with E-state index < -0.39 is 0 Å². The van der Waals surface area contributed by atoms with Crippen LogP contribution in [0.3, 0.4) is 0 Å². The van der Waals surface area contributed by atoms with Crippen LogP contribution in [0.15, 0.2) is 24.3 Å². The van der Waals surface area contributed by atoms with Crippen molar-refractivity contribution in [1.29, 1.82) is 0 Å². The van der Waals surface area contributed by atoms with E-state index in [0.29, 0.717) is 5.88 Å². The minimum atomic E-state index is 0.424. The maximum Gasteiger partial charge on any atom is 0.132 e. The molecule has 0 aliphatic carbocycles. The predicted molar refractivity (Wildman–Crippen MR) is 63.7 cm³/mol. The zero-order valence-electron chi connectivity index (χ0n) is 7.78. The number of hydrogen-bond donors (Lipinski definition) is 0. The molecule has 0 spiro atoms. The number of hydrogen-bond acceptors (Lipinski definition) is 3. The number of aromatic nitrogens is 2. The van der Waals surface area contributed by atoms with Gasteiger partial charge in [-0.1, -0.05) is 35.1 Å². The first-order chi connectivity index (χ1) is 7.28. The fraction of sp³-hybridized carbons (Fsp3) is 0.200. The van der Waals surface area contributed by atoms with Crippen LogP contribution in [0, 0.1) is 0 Å². The molecule has 0 unspecified atom stereocenters. The molecule has 15 heavy (non-hydrogen) atoms. The van der Waals surface area contributed by atoms with Gasteiger partial charge in [0.1, 0.15) is 10.0 Å². The lowest BCUT2D eigenvalue weighted by atomic mass is 10.2. The Morgan fingerprint density at radius 2 is 2.00 bits per heavy atom. The van der Waals surface area contributed by atoms with Gasteiger partial charge in [0.2, 0.25) is 0 Å². The lowest BCUT2D eigenvalue weighted by molar-refractivity contribution is 0.976. The second kappa shape index (κ2) is 4.92. The van der Waals surface area contributed by atoms with Crippen LogP contribution in [0.5, 0.6) is 0 Å². The van der Waals surface area contributed by atoms with Gasteiger partial charge in [-0.2, -0.15) is 0 Å². The summed E-state index contributed by atoms with van der Waals surface area (Å²) in [5.41, 5.74) is 1.14. The molecule has 0 saturated heterocycles. The van der Waals surface area contributed by atoms with Crippen LogP contribution in [0.2, 0.25) is 5.02 Å². The van der Waals surface area contributed by atoms with Gasteiger partial charge in [-0.15, -0.1) is 21.8 Å². The molecule has 0 bridgehead atoms. The highest BCUT2D eigenvalue weighted by atomic mass is 35.5. The van der Waals surface area contributed by atoms with Gasteiger partial charge in [-0.25, -0.2) is 0 Å². The van der Waals surface area contributed by atoms with Crippen molar-refractivity contribution in [3.05, 3.63) is 44.9 Å². The molecule has 0 aliphatic rings. The summed E-state index contributed by atoms with van der Waals surface area (Å²) in [6.45, 7) is 0. The maximum atomic E-state index is 5.89. The van der Waals surface area contributed by atoms with E-state index in [1.165, 1.54) is 11.3 Å². The van der Waals surface area contributed by atoms with Crippen LogP contribution in [-0.2, 0) is 12.3 Å². The number of nitrogens with zero attached hydrogens (tertiary/aromatic N) is 2. The Bertz CT molecular complexity index is 456. The van der Waals surface area contributed by atoms with Crippen molar-refractivity contribution < 1.29 is 0 Å². The molecule has 0 amide bonds. The van der Waals surface area contributed by atoms with E-state index in [1.54, 1.807) is 0 Å². The highest BCUT2D eigenvalue weighted by molar-refractivity contribution is 7.11. The summed E-state index contributed by atoms with van der Waals surface area (Å²) in [5.74, 6) is 0.424. The van der Waals surface area contributed by atoms with Crippen LogP contribution in [0.1, 0.15) is 15.6 Å². The van der Waals surface area contributed by atoms with Gasteiger partial charge in [0.15, 0.2) is 0 Å². The Labute approximate surface area is 102 Å². The Morgan fingerprint density at radius 1 is 1.20 bits per heavy atom. The third kappa shape index (κ3) is 2.91. The molecule has 5 heteroatoms. The Balaban J connectivity index is 2.14. The molecular formula is C10H8Cl2N2S. The SMILES string of the molecule is ClCc1nnc(Cc2cccc(Cl)c2)s1. The average molecular weight is 259 g/mol. The lowest BCUT2D eigenvalue weighted by Crippen LogP contribution is -1.86. The minimum absolute atomic E-state index is 0.424. The highest BCUT2D eigenvalue weighted by Crippen LogP contribution is 2.18. The topological polar surface area (TPSA) is 25.8 Å². The first kappa shape index (κ1) is 10.9. The van der Waals surface area contributed by atoms with Crippen LogP contribution in [0.4, 0.5) is 0 Å². The molecule has 0 saturated carbocycles. The van der Waals surface area contributed by atoms with Gasteiger partial charge in [0.25, 0.3) is 0 Å². The van der Waals surface area contributed by atoms with Gasteiger partial charge in [-0.05, 0) is 17.7 Å². The fourth-order valence-corrected chi connectivity index (χ4v) is 2.39. The predicted octanol–water partition coefficient (Wildman–Crippen LogP) is 3.52. The van der Waals surface area contributed by atoms with Crippen LogP contribution >= 0.6 is 34.5 Å². The molecule has 2 aromatic rings. The number of alkyl halides is 1. The molecule has 0 fully saturated rings. The van der Waals surface area contributed by atoms with Gasteiger partial charge < -0.3 is 0 Å². The Hall–Kier alpha value is -0.640. The van der Waals surface area contributed by atoms with E-state index in [-0.39, 0.29) is 0 Å². The van der Waals surface area contributed by atoms with E-state index >= 15 is 0 Å². The first-order valence-electron chi connectivity index (χ1n) is 4.39. The van der Waals surface area contributed by atoms with E-state index in [0.717, 1.165) is 27.0 Å². The van der Waals surface area contributed by atoms with Crippen molar-refractivity contribution >= 4 is 34.5 Å². The second-order valence-corrected chi connectivity index (χ2v) is 4.88. The molecule has 1 heterocycles. The van der Waals surface area contributed by atoms with Crippen molar-refractivity contribution in [3.63, 3.8) is 0 Å². The third-order valence-corrected chi connectivity index (χ3v) is 3.44. The van der Waals surface area contributed by atoms with Gasteiger partial charge in [0.05, 0.1) is 5.88 Å². The normalized spacial score (nSPS) is 10.5. The number of benzene rings is 1. The third-order valence-electron chi connectivity index (χ3n) is 1.87. The minimum Gasteiger partial charge on any atom is -0.143 e. The van der Waals surface area contributed by atoms with Crippen molar-refractivity contribution in [2.45, 2.75) is 12.3 Å². The summed E-state index contributed by atoms with van der Waals surface area (Å²) in [7, 11) is 0. The van der Waals surface area contributed by atoms with Gasteiger partial charge in [-0.3, -0.25) is 0 Å². The van der Waals surface area contributed by atoms with Crippen molar-refractivity contribution in [2.75, 3.05) is 0 Å². The Kier molecular flexibility index (Phi) is 3.57. The van der Waals surface area contributed by atoms with E-state index in [1.807, 2.05) is 24.3 Å². The molecule has 0 radical (unpaired) electrons. The van der Waals surface area contributed by atoms with E-state index in [4.69, 9.17) is 23.2 Å². The van der Waals surface area contributed by atoms with Crippen molar-refractivity contribution in [2.24, 2.45) is 0 Å². The van der Waals surface area contributed by atoms with Crippen LogP contribution < -0.4 is 0 Å². The zero-order chi connectivity index (χ0) is 10.7. The number of halogens is 2. The van der Waals surface area contributed by atoms with Crippen molar-refractivity contribution in [1.82, 2.24) is 10.2 Å². The summed E-state index contributed by atoms with van der Waals surface area (Å²) >= 11 is 13.1. The highest BCUT2D eigenvalue weighted by Gasteiger charge is 2.04. The first-order valence-corrected chi connectivity index (χ1v) is 6.12. The molecular weight excluding hydrogens is 251 g/mol. The summed E-state index contributed by atoms with van der Waals surface area (Å²) in [6.07, 6.45) is 0.759. The second-order valence-electron chi connectivity index (χ2n) is 3.03. The van der Waals surface area contributed by atoms with E-state index in [2.05, 4.69) is 10.2 Å². The molecule has 78 valence electrons. The molecule has 0 N–H and O–H groups in total. The molecule has 1 aromatic heterocycles. The number of rotatable bonds is 3. The summed E-state index contributed by atoms with van der Waals surface area (Å²) in [4.78, 5) is 0. The van der Waals surface area contributed by atoms with Crippen LogP contribution in [0.25, 0.3) is 0 Å². The molecule has 1 aromatic carbocycles. The van der Waals surface area contributed by atoms with Gasteiger partial charge in [0, 0.05) is 11.4 Å². The van der Waals surface area contributed by atoms with E-state index in [9.17, 15) is 0 Å². The lowest BCUT2D eigenvalue weighted by Gasteiger charge is -1.97. The van der Waals surface area contributed by atoms with Crippen molar-refractivity contribution in [3.8, 4) is 0 Å². The molecule has 2 nitrogen and oxygen atoms in total. The summed E-state index contributed by atoms with van der Waals surface area (Å²) < 4.78 is 0. The Morgan fingerprint density at radius 3 is 2.67 bits per heavy atom. The summed E-state index contributed by atoms with van der Waals surface area (Å²) in [6, 6.07) is 7.74. The largest absolute Gasteiger partial charge is 0.143 e. The molecule has 0 atom stereocenters. The summed E-state index contributed by atoms with van der Waals surface area (Å²) in [5, 5.41) is 10.6. The monoisotopic (exact) mass is 258 g/mol. The quantitative estimate of drug-likeness (QED) is 0.788. The average Bonchev–Trinajstić information content (AvgIpc) is 2.65. The standard InChI is InChI=1S/C10H8Cl2N2S/c11-6-10-14-13-9(15-10)5-7-2-1-3-8(12)4-7/h1-4H,5-6H2. The fourth-order valence-electron chi connectivity index (χ4n) is 1.24. The molecule has 2 rings (SSSR count). The molecule has 0 aliphatic heterocycles. The maximum absolute atomic E-state index is 5.89. The van der Waals surface area contributed by atoms with Gasteiger partial charge >= 0.3 is 0 Å². The smallest absolute Gasteiger partial charge is 0.132 e.